The Morgan fingerprint density at radius 1 is 1.31 bits per heavy atom. The lowest BCUT2D eigenvalue weighted by molar-refractivity contribution is 0.0468. The first-order valence-corrected chi connectivity index (χ1v) is 11.0. The van der Waals surface area contributed by atoms with Crippen LogP contribution >= 0.6 is 22.9 Å². The molecule has 0 spiro atoms. The Balaban J connectivity index is 1.79. The zero-order chi connectivity index (χ0) is 18.7. The van der Waals surface area contributed by atoms with E-state index < -0.39 is 16.0 Å². The third-order valence-electron chi connectivity index (χ3n) is 4.13. The lowest BCUT2D eigenvalue weighted by Gasteiger charge is -2.26. The quantitative estimate of drug-likeness (QED) is 0.698. The number of thiazole rings is 1. The molecule has 0 atom stereocenters. The van der Waals surface area contributed by atoms with Crippen LogP contribution in [-0.4, -0.2) is 36.8 Å². The molecule has 2 heterocycles. The number of halogens is 1. The normalized spacial score (nSPS) is 15.8. The van der Waals surface area contributed by atoms with E-state index in [1.807, 2.05) is 12.3 Å². The smallest absolute Gasteiger partial charge is 0.340 e. The molecule has 1 saturated heterocycles. The average Bonchev–Trinajstić information content (AvgIpc) is 3.06. The monoisotopic (exact) mass is 414 g/mol. The number of sulfonamides is 1. The molecule has 0 unspecified atom stereocenters. The number of benzene rings is 1. The molecule has 9 heteroatoms. The van der Waals surface area contributed by atoms with E-state index >= 15 is 0 Å². The highest BCUT2D eigenvalue weighted by Crippen LogP contribution is 2.26. The number of piperidine rings is 1. The maximum Gasteiger partial charge on any atom is 0.340 e. The maximum absolute atomic E-state index is 12.8. The standard InChI is InChI=1S/C17H19ClN2O4S2/c1-12-19-13(11-25-12)10-24-17(21)15-9-14(5-6-16(15)18)26(22,23)20-7-3-2-4-8-20/h5-6,9,11H,2-4,7-8,10H2,1H3. The van der Waals surface area contributed by atoms with Crippen LogP contribution in [0.15, 0.2) is 28.5 Å². The summed E-state index contributed by atoms with van der Waals surface area (Å²) in [7, 11) is -3.64. The summed E-state index contributed by atoms with van der Waals surface area (Å²) in [4.78, 5) is 16.6. The van der Waals surface area contributed by atoms with Crippen LogP contribution in [0.5, 0.6) is 0 Å². The van der Waals surface area contributed by atoms with Crippen LogP contribution in [0.3, 0.4) is 0 Å². The highest BCUT2D eigenvalue weighted by molar-refractivity contribution is 7.89. The van der Waals surface area contributed by atoms with Crippen molar-refractivity contribution >= 4 is 38.9 Å². The molecule has 2 aromatic rings. The van der Waals surface area contributed by atoms with E-state index in [1.54, 1.807) is 0 Å². The molecule has 0 amide bonds. The molecule has 6 nitrogen and oxygen atoms in total. The molecular formula is C17H19ClN2O4S2. The van der Waals surface area contributed by atoms with Crippen molar-refractivity contribution in [3.8, 4) is 0 Å². The summed E-state index contributed by atoms with van der Waals surface area (Å²) in [5.41, 5.74) is 0.686. The van der Waals surface area contributed by atoms with Gasteiger partial charge in [0.15, 0.2) is 0 Å². The van der Waals surface area contributed by atoms with Gasteiger partial charge in [0.1, 0.15) is 6.61 Å². The summed E-state index contributed by atoms with van der Waals surface area (Å²) < 4.78 is 32.2. The zero-order valence-electron chi connectivity index (χ0n) is 14.3. The predicted molar refractivity (Wildman–Crippen MR) is 100 cm³/mol. The van der Waals surface area contributed by atoms with Gasteiger partial charge in [0.25, 0.3) is 0 Å². The SMILES string of the molecule is Cc1nc(COC(=O)c2cc(S(=O)(=O)N3CCCCC3)ccc2Cl)cs1. The average molecular weight is 415 g/mol. The van der Waals surface area contributed by atoms with E-state index in [0.717, 1.165) is 24.3 Å². The minimum Gasteiger partial charge on any atom is -0.456 e. The van der Waals surface area contributed by atoms with Gasteiger partial charge in [-0.2, -0.15) is 4.31 Å². The number of carbonyl (C=O) groups is 1. The van der Waals surface area contributed by atoms with Crippen LogP contribution in [0.2, 0.25) is 5.02 Å². The van der Waals surface area contributed by atoms with Crippen molar-refractivity contribution in [1.82, 2.24) is 9.29 Å². The maximum atomic E-state index is 12.8. The van der Waals surface area contributed by atoms with Crippen LogP contribution in [-0.2, 0) is 21.4 Å². The second-order valence-electron chi connectivity index (χ2n) is 6.04. The number of rotatable bonds is 5. The van der Waals surface area contributed by atoms with E-state index in [4.69, 9.17) is 16.3 Å². The minimum absolute atomic E-state index is 0.0165. The second kappa shape index (κ2) is 8.04. The minimum atomic E-state index is -3.64. The molecule has 1 fully saturated rings. The number of aromatic nitrogens is 1. The Hall–Kier alpha value is -1.48. The predicted octanol–water partition coefficient (Wildman–Crippen LogP) is 3.64. The molecule has 1 aromatic heterocycles. The van der Waals surface area contributed by atoms with Crippen molar-refractivity contribution in [3.63, 3.8) is 0 Å². The van der Waals surface area contributed by atoms with E-state index in [9.17, 15) is 13.2 Å². The molecule has 0 aliphatic carbocycles. The molecular weight excluding hydrogens is 396 g/mol. The molecule has 140 valence electrons. The molecule has 3 rings (SSSR count). The van der Waals surface area contributed by atoms with Gasteiger partial charge in [-0.1, -0.05) is 18.0 Å². The van der Waals surface area contributed by atoms with Crippen LogP contribution in [0.1, 0.15) is 40.3 Å². The van der Waals surface area contributed by atoms with Gasteiger partial charge in [-0.15, -0.1) is 11.3 Å². The number of hydrogen-bond acceptors (Lipinski definition) is 6. The molecule has 0 bridgehead atoms. The molecule has 1 aliphatic heterocycles. The third-order valence-corrected chi connectivity index (χ3v) is 7.17. The lowest BCUT2D eigenvalue weighted by Crippen LogP contribution is -2.35. The van der Waals surface area contributed by atoms with Crippen LogP contribution in [0, 0.1) is 6.92 Å². The molecule has 0 N–H and O–H groups in total. The van der Waals surface area contributed by atoms with Crippen molar-refractivity contribution in [2.24, 2.45) is 0 Å². The summed E-state index contributed by atoms with van der Waals surface area (Å²) in [6.07, 6.45) is 2.71. The van der Waals surface area contributed by atoms with Gasteiger partial charge < -0.3 is 4.74 Å². The topological polar surface area (TPSA) is 76.6 Å². The molecule has 1 aromatic carbocycles. The fraction of sp³-hybridized carbons (Fsp3) is 0.412. The van der Waals surface area contributed by atoms with Crippen LogP contribution < -0.4 is 0 Å². The first-order valence-electron chi connectivity index (χ1n) is 8.26. The first-order chi connectivity index (χ1) is 12.4. The fourth-order valence-electron chi connectivity index (χ4n) is 2.77. The van der Waals surface area contributed by atoms with E-state index in [2.05, 4.69) is 4.98 Å². The van der Waals surface area contributed by atoms with Crippen LogP contribution in [0.25, 0.3) is 0 Å². The number of aryl methyl sites for hydroxylation is 1. The highest BCUT2D eigenvalue weighted by Gasteiger charge is 2.27. The van der Waals surface area contributed by atoms with Gasteiger partial charge in [0.05, 0.1) is 26.2 Å². The van der Waals surface area contributed by atoms with Gasteiger partial charge in [0, 0.05) is 18.5 Å². The summed E-state index contributed by atoms with van der Waals surface area (Å²) in [5, 5.41) is 2.84. The summed E-state index contributed by atoms with van der Waals surface area (Å²) in [5.74, 6) is -0.670. The first kappa shape index (κ1) is 19.3. The van der Waals surface area contributed by atoms with Crippen molar-refractivity contribution < 1.29 is 17.9 Å². The molecule has 26 heavy (non-hydrogen) atoms. The number of esters is 1. The number of nitrogens with zero attached hydrogens (tertiary/aromatic N) is 2. The highest BCUT2D eigenvalue weighted by atomic mass is 35.5. The Morgan fingerprint density at radius 3 is 2.69 bits per heavy atom. The second-order valence-corrected chi connectivity index (χ2v) is 9.45. The van der Waals surface area contributed by atoms with Crippen molar-refractivity contribution in [1.29, 1.82) is 0 Å². The summed E-state index contributed by atoms with van der Waals surface area (Å²) in [6, 6.07) is 4.13. The molecule has 0 saturated carbocycles. The fourth-order valence-corrected chi connectivity index (χ4v) is 5.10. The Bertz CT molecular complexity index is 905. The Morgan fingerprint density at radius 2 is 2.04 bits per heavy atom. The third kappa shape index (κ3) is 4.25. The van der Waals surface area contributed by atoms with Gasteiger partial charge in [0.2, 0.25) is 10.0 Å². The van der Waals surface area contributed by atoms with Crippen LogP contribution in [0.4, 0.5) is 0 Å². The van der Waals surface area contributed by atoms with E-state index in [0.29, 0.717) is 18.8 Å². The number of ether oxygens (including phenoxy) is 1. The Labute approximate surface area is 161 Å². The van der Waals surface area contributed by atoms with Gasteiger partial charge >= 0.3 is 5.97 Å². The van der Waals surface area contributed by atoms with Crippen molar-refractivity contribution in [2.75, 3.05) is 13.1 Å². The number of carbonyl (C=O) groups excluding carboxylic acids is 1. The van der Waals surface area contributed by atoms with E-state index in [1.165, 1.54) is 33.8 Å². The lowest BCUT2D eigenvalue weighted by atomic mass is 10.2. The summed E-state index contributed by atoms with van der Waals surface area (Å²) in [6.45, 7) is 2.87. The largest absolute Gasteiger partial charge is 0.456 e. The van der Waals surface area contributed by atoms with Gasteiger partial charge in [-0.25, -0.2) is 18.2 Å². The van der Waals surface area contributed by atoms with Crippen molar-refractivity contribution in [3.05, 3.63) is 44.9 Å². The van der Waals surface area contributed by atoms with E-state index in [-0.39, 0.29) is 22.1 Å². The van der Waals surface area contributed by atoms with Crippen molar-refractivity contribution in [2.45, 2.75) is 37.7 Å². The number of hydrogen-bond donors (Lipinski definition) is 0. The molecule has 0 radical (unpaired) electrons. The Kier molecular flexibility index (Phi) is 5.96. The zero-order valence-corrected chi connectivity index (χ0v) is 16.7. The molecule has 1 aliphatic rings. The van der Waals surface area contributed by atoms with Gasteiger partial charge in [-0.05, 0) is 38.0 Å². The summed E-state index contributed by atoms with van der Waals surface area (Å²) >= 11 is 7.55. The van der Waals surface area contributed by atoms with Gasteiger partial charge in [-0.3, -0.25) is 0 Å².